The van der Waals surface area contributed by atoms with Crippen molar-refractivity contribution in [2.45, 2.75) is 38.2 Å². The summed E-state index contributed by atoms with van der Waals surface area (Å²) in [4.78, 5) is 15.3. The van der Waals surface area contributed by atoms with Crippen molar-refractivity contribution < 1.29 is 9.53 Å². The summed E-state index contributed by atoms with van der Waals surface area (Å²) in [5, 5.41) is 2.57. The van der Waals surface area contributed by atoms with Crippen LogP contribution >= 0.6 is 11.6 Å². The van der Waals surface area contributed by atoms with Crippen LogP contribution in [0.2, 0.25) is 5.02 Å². The maximum Gasteiger partial charge on any atom is 0.254 e. The molecule has 25 heavy (non-hydrogen) atoms. The van der Waals surface area contributed by atoms with Crippen molar-refractivity contribution in [2.24, 2.45) is 5.41 Å². The van der Waals surface area contributed by atoms with Crippen LogP contribution in [0.3, 0.4) is 0 Å². The van der Waals surface area contributed by atoms with E-state index in [2.05, 4.69) is 0 Å². The summed E-state index contributed by atoms with van der Waals surface area (Å²) in [6.07, 6.45) is 5.97. The van der Waals surface area contributed by atoms with Crippen LogP contribution in [0.5, 0.6) is 0 Å². The molecule has 4 heteroatoms. The monoisotopic (exact) mass is 357 g/mol. The van der Waals surface area contributed by atoms with Gasteiger partial charge in [-0.3, -0.25) is 4.79 Å². The summed E-state index contributed by atoms with van der Waals surface area (Å²) in [6.45, 7) is 1.63. The van der Waals surface area contributed by atoms with E-state index in [0.717, 1.165) is 55.1 Å². The fourth-order valence-corrected chi connectivity index (χ4v) is 5.14. The number of likely N-dealkylation sites (tertiary alicyclic amines) is 1. The third-order valence-electron chi connectivity index (χ3n) is 6.10. The van der Waals surface area contributed by atoms with E-state index in [9.17, 15) is 4.79 Å². The number of carbonyl (C=O) groups excluding carboxylic acids is 1. The summed E-state index contributed by atoms with van der Waals surface area (Å²) in [5.74, 6) is 0.119. The number of hydrogen-bond acceptors (Lipinski definition) is 2. The number of amides is 1. The van der Waals surface area contributed by atoms with Gasteiger partial charge in [0, 0.05) is 41.6 Å². The van der Waals surface area contributed by atoms with E-state index in [1.807, 2.05) is 48.4 Å². The number of hydrogen-bond donors (Lipinski definition) is 0. The van der Waals surface area contributed by atoms with Crippen LogP contribution in [0.25, 0.3) is 10.8 Å². The Hall–Kier alpha value is -1.58. The molecule has 1 amide bonds. The molecule has 0 N–H and O–H groups in total. The summed E-state index contributed by atoms with van der Waals surface area (Å²) in [5.41, 5.74) is 0.897. The van der Waals surface area contributed by atoms with E-state index in [1.54, 1.807) is 0 Å². The highest BCUT2D eigenvalue weighted by atomic mass is 35.5. The molecular weight excluding hydrogens is 334 g/mol. The Balaban J connectivity index is 1.66. The van der Waals surface area contributed by atoms with Crippen LogP contribution in [0, 0.1) is 5.41 Å². The van der Waals surface area contributed by atoms with Gasteiger partial charge in [0.1, 0.15) is 0 Å². The number of halogens is 1. The lowest BCUT2D eigenvalue weighted by Crippen LogP contribution is -2.49. The first-order valence-corrected chi connectivity index (χ1v) is 9.52. The quantitative estimate of drug-likeness (QED) is 0.763. The normalized spacial score (nSPS) is 26.5. The molecule has 0 aromatic heterocycles. The van der Waals surface area contributed by atoms with Gasteiger partial charge in [0.2, 0.25) is 0 Å². The Morgan fingerprint density at radius 3 is 2.76 bits per heavy atom. The molecule has 132 valence electrons. The Morgan fingerprint density at radius 2 is 1.92 bits per heavy atom. The Kier molecular flexibility index (Phi) is 4.47. The van der Waals surface area contributed by atoms with Gasteiger partial charge in [-0.2, -0.15) is 0 Å². The second-order valence-electron chi connectivity index (χ2n) is 7.45. The van der Waals surface area contributed by atoms with Crippen molar-refractivity contribution in [3.05, 3.63) is 47.0 Å². The van der Waals surface area contributed by atoms with E-state index >= 15 is 0 Å². The predicted octanol–water partition coefficient (Wildman–Crippen LogP) is 4.91. The summed E-state index contributed by atoms with van der Waals surface area (Å²) in [6, 6.07) is 11.6. The zero-order valence-electron chi connectivity index (χ0n) is 14.6. The fourth-order valence-electron chi connectivity index (χ4n) is 4.90. The third kappa shape index (κ3) is 2.84. The summed E-state index contributed by atoms with van der Waals surface area (Å²) >= 11 is 6.31. The fraction of sp³-hybridized carbons (Fsp3) is 0.476. The first-order valence-electron chi connectivity index (χ1n) is 9.14. The Labute approximate surface area is 153 Å². The van der Waals surface area contributed by atoms with Crippen LogP contribution in [0.15, 0.2) is 36.4 Å². The number of nitrogens with zero attached hydrogens (tertiary/aromatic N) is 1. The standard InChI is InChI=1S/C21H24ClNO2/c1-25-19-10-4-11-21(19)12-5-13-23(14-21)20(24)17-8-2-7-16-15(17)6-3-9-18(16)22/h2-3,6-9,19H,4-5,10-14H2,1H3/t19-,21+/m1/s1. The lowest BCUT2D eigenvalue weighted by Gasteiger charge is -2.43. The number of piperidine rings is 1. The van der Waals surface area contributed by atoms with Crippen molar-refractivity contribution in [3.63, 3.8) is 0 Å². The summed E-state index contributed by atoms with van der Waals surface area (Å²) in [7, 11) is 1.81. The maximum atomic E-state index is 13.3. The molecule has 1 saturated carbocycles. The number of fused-ring (bicyclic) bond motifs is 1. The zero-order valence-corrected chi connectivity index (χ0v) is 15.4. The van der Waals surface area contributed by atoms with Crippen LogP contribution in [0.1, 0.15) is 42.5 Å². The number of methoxy groups -OCH3 is 1. The first kappa shape index (κ1) is 16.9. The molecule has 3 nitrogen and oxygen atoms in total. The van der Waals surface area contributed by atoms with E-state index < -0.39 is 0 Å². The second-order valence-corrected chi connectivity index (χ2v) is 7.86. The molecular formula is C21H24ClNO2. The van der Waals surface area contributed by atoms with Gasteiger partial charge in [0.05, 0.1) is 6.10 Å². The average molecular weight is 358 g/mol. The van der Waals surface area contributed by atoms with Gasteiger partial charge < -0.3 is 9.64 Å². The molecule has 2 atom stereocenters. The molecule has 0 bridgehead atoms. The smallest absolute Gasteiger partial charge is 0.254 e. The van der Waals surface area contributed by atoms with Gasteiger partial charge in [-0.25, -0.2) is 0 Å². The number of ether oxygens (including phenoxy) is 1. The molecule has 1 saturated heterocycles. The van der Waals surface area contributed by atoms with Gasteiger partial charge in [-0.15, -0.1) is 0 Å². The van der Waals surface area contributed by atoms with Gasteiger partial charge >= 0.3 is 0 Å². The number of rotatable bonds is 2. The molecule has 2 aromatic rings. The predicted molar refractivity (Wildman–Crippen MR) is 101 cm³/mol. The molecule has 1 spiro atoms. The molecule has 1 aliphatic heterocycles. The van der Waals surface area contributed by atoms with Gasteiger partial charge in [0.15, 0.2) is 0 Å². The van der Waals surface area contributed by atoms with E-state index in [0.29, 0.717) is 5.02 Å². The largest absolute Gasteiger partial charge is 0.381 e. The lowest BCUT2D eigenvalue weighted by molar-refractivity contribution is -0.0295. The van der Waals surface area contributed by atoms with Crippen molar-refractivity contribution in [1.82, 2.24) is 4.90 Å². The minimum atomic E-state index is 0.119. The minimum Gasteiger partial charge on any atom is -0.381 e. The van der Waals surface area contributed by atoms with Gasteiger partial charge in [0.25, 0.3) is 5.91 Å². The van der Waals surface area contributed by atoms with Crippen molar-refractivity contribution in [2.75, 3.05) is 20.2 Å². The van der Waals surface area contributed by atoms with E-state index in [-0.39, 0.29) is 17.4 Å². The summed E-state index contributed by atoms with van der Waals surface area (Å²) < 4.78 is 5.77. The highest BCUT2D eigenvalue weighted by Crippen LogP contribution is 2.46. The third-order valence-corrected chi connectivity index (χ3v) is 6.43. The van der Waals surface area contributed by atoms with E-state index in [1.165, 1.54) is 6.42 Å². The highest BCUT2D eigenvalue weighted by Gasteiger charge is 2.46. The van der Waals surface area contributed by atoms with Crippen LogP contribution in [0.4, 0.5) is 0 Å². The molecule has 1 heterocycles. The molecule has 2 aromatic carbocycles. The Bertz CT molecular complexity index is 806. The van der Waals surface area contributed by atoms with Crippen LogP contribution in [-0.4, -0.2) is 37.1 Å². The SMILES string of the molecule is CO[C@@H]1CCC[C@@]12CCCN(C(=O)c1cccc3c(Cl)cccc13)C2. The van der Waals surface area contributed by atoms with Gasteiger partial charge in [-0.1, -0.05) is 42.3 Å². The second kappa shape index (κ2) is 6.62. The Morgan fingerprint density at radius 1 is 1.16 bits per heavy atom. The topological polar surface area (TPSA) is 29.5 Å². The molecule has 2 aliphatic rings. The van der Waals surface area contributed by atoms with Crippen molar-refractivity contribution in [1.29, 1.82) is 0 Å². The zero-order chi connectivity index (χ0) is 17.4. The molecule has 0 unspecified atom stereocenters. The molecule has 4 rings (SSSR count). The average Bonchev–Trinajstić information content (AvgIpc) is 3.02. The van der Waals surface area contributed by atoms with E-state index in [4.69, 9.17) is 16.3 Å². The van der Waals surface area contributed by atoms with Crippen LogP contribution < -0.4 is 0 Å². The number of carbonyl (C=O) groups is 1. The minimum absolute atomic E-state index is 0.119. The maximum absolute atomic E-state index is 13.3. The molecule has 2 fully saturated rings. The number of benzene rings is 2. The van der Waals surface area contributed by atoms with Gasteiger partial charge in [-0.05, 0) is 43.2 Å². The lowest BCUT2D eigenvalue weighted by atomic mass is 9.76. The van der Waals surface area contributed by atoms with Crippen molar-refractivity contribution >= 4 is 28.3 Å². The highest BCUT2D eigenvalue weighted by molar-refractivity contribution is 6.36. The van der Waals surface area contributed by atoms with Crippen LogP contribution in [-0.2, 0) is 4.74 Å². The van der Waals surface area contributed by atoms with Crippen molar-refractivity contribution in [3.8, 4) is 0 Å². The first-order chi connectivity index (χ1) is 12.1. The molecule has 0 radical (unpaired) electrons. The molecule has 1 aliphatic carbocycles.